The lowest BCUT2D eigenvalue weighted by Crippen LogP contribution is -2.41. The van der Waals surface area contributed by atoms with Crippen LogP contribution in [0.5, 0.6) is 0 Å². The van der Waals surface area contributed by atoms with Gasteiger partial charge in [0.25, 0.3) is 5.56 Å². The van der Waals surface area contributed by atoms with Crippen LogP contribution in [0.15, 0.2) is 29.1 Å². The van der Waals surface area contributed by atoms with E-state index in [1.54, 1.807) is 19.2 Å². The Hall–Kier alpha value is -1.66. The van der Waals surface area contributed by atoms with Crippen molar-refractivity contribution in [3.8, 4) is 0 Å². The quantitative estimate of drug-likeness (QED) is 0.756. The second kappa shape index (κ2) is 4.67. The van der Waals surface area contributed by atoms with Gasteiger partial charge in [-0.15, -0.1) is 0 Å². The van der Waals surface area contributed by atoms with Gasteiger partial charge in [-0.3, -0.25) is 4.79 Å². The minimum Gasteiger partial charge on any atom is -0.399 e. The molecule has 2 heterocycles. The van der Waals surface area contributed by atoms with Gasteiger partial charge in [0.2, 0.25) is 0 Å². The van der Waals surface area contributed by atoms with Crippen molar-refractivity contribution in [2.45, 2.75) is 38.9 Å². The third-order valence-electron chi connectivity index (χ3n) is 4.71. The van der Waals surface area contributed by atoms with Gasteiger partial charge < -0.3 is 13.9 Å². The number of halogens is 1. The normalized spacial score (nSPS) is 19.8. The molecule has 116 valence electrons. The zero-order chi connectivity index (χ0) is 16.3. The molecule has 1 aromatic heterocycles. The maximum absolute atomic E-state index is 14.5. The van der Waals surface area contributed by atoms with Crippen molar-refractivity contribution < 1.29 is 13.7 Å². The molecule has 0 amide bonds. The highest BCUT2D eigenvalue weighted by atomic mass is 19.1. The first-order chi connectivity index (χ1) is 10.1. The largest absolute Gasteiger partial charge is 0.494 e. The van der Waals surface area contributed by atoms with Crippen LogP contribution in [0.3, 0.4) is 0 Å². The van der Waals surface area contributed by atoms with Crippen LogP contribution in [0.1, 0.15) is 27.7 Å². The molecule has 0 spiro atoms. The third-order valence-corrected chi connectivity index (χ3v) is 4.71. The fourth-order valence-electron chi connectivity index (χ4n) is 2.62. The molecule has 1 fully saturated rings. The van der Waals surface area contributed by atoms with Gasteiger partial charge >= 0.3 is 7.12 Å². The summed E-state index contributed by atoms with van der Waals surface area (Å²) in [5.74, 6) is -0.456. The van der Waals surface area contributed by atoms with Crippen LogP contribution in [0.25, 0.3) is 10.9 Å². The minimum atomic E-state index is -0.624. The maximum Gasteiger partial charge on any atom is 0.494 e. The molecular formula is C16H19BFNO3. The molecule has 1 aliphatic rings. The van der Waals surface area contributed by atoms with Gasteiger partial charge in [-0.25, -0.2) is 4.39 Å². The van der Waals surface area contributed by atoms with Gasteiger partial charge in [-0.2, -0.15) is 0 Å². The molecule has 1 aromatic carbocycles. The summed E-state index contributed by atoms with van der Waals surface area (Å²) in [5.41, 5.74) is -0.302. The summed E-state index contributed by atoms with van der Waals surface area (Å²) >= 11 is 0. The number of rotatable bonds is 1. The Labute approximate surface area is 129 Å². The van der Waals surface area contributed by atoms with Crippen LogP contribution in [0, 0.1) is 5.82 Å². The number of aryl methyl sites for hydroxylation is 1. The SMILES string of the molecule is Cn1c(=O)ccc2cc(B3OC(C)(C)C(C)(C)O3)cc(F)c21. The van der Waals surface area contributed by atoms with Crippen molar-refractivity contribution >= 4 is 23.5 Å². The molecule has 0 aliphatic carbocycles. The van der Waals surface area contributed by atoms with Crippen molar-refractivity contribution in [2.75, 3.05) is 0 Å². The summed E-state index contributed by atoms with van der Waals surface area (Å²) in [6.45, 7) is 7.81. The molecule has 0 N–H and O–H groups in total. The van der Waals surface area contributed by atoms with E-state index >= 15 is 0 Å². The monoisotopic (exact) mass is 303 g/mol. The number of pyridine rings is 1. The highest BCUT2D eigenvalue weighted by Gasteiger charge is 2.51. The van der Waals surface area contributed by atoms with Crippen molar-refractivity contribution in [2.24, 2.45) is 7.05 Å². The second-order valence-corrected chi connectivity index (χ2v) is 6.76. The lowest BCUT2D eigenvalue weighted by Gasteiger charge is -2.32. The predicted octanol–water partition coefficient (Wildman–Crippen LogP) is 1.98. The molecule has 0 bridgehead atoms. The fourth-order valence-corrected chi connectivity index (χ4v) is 2.62. The summed E-state index contributed by atoms with van der Waals surface area (Å²) in [6, 6.07) is 6.23. The molecular weight excluding hydrogens is 284 g/mol. The van der Waals surface area contributed by atoms with Crippen LogP contribution in [-0.2, 0) is 16.4 Å². The van der Waals surface area contributed by atoms with Crippen molar-refractivity contribution in [1.29, 1.82) is 0 Å². The van der Waals surface area contributed by atoms with Crippen LogP contribution < -0.4 is 11.0 Å². The van der Waals surface area contributed by atoms with Crippen molar-refractivity contribution in [1.82, 2.24) is 4.57 Å². The summed E-state index contributed by atoms with van der Waals surface area (Å²) in [5, 5.41) is 0.645. The van der Waals surface area contributed by atoms with E-state index in [4.69, 9.17) is 9.31 Å². The molecule has 0 radical (unpaired) electrons. The predicted molar refractivity (Wildman–Crippen MR) is 84.9 cm³/mol. The Morgan fingerprint density at radius 1 is 1.09 bits per heavy atom. The molecule has 6 heteroatoms. The number of fused-ring (bicyclic) bond motifs is 1. The van der Waals surface area contributed by atoms with Crippen LogP contribution >= 0.6 is 0 Å². The molecule has 1 saturated heterocycles. The number of hydrogen-bond donors (Lipinski definition) is 0. The van der Waals surface area contributed by atoms with Gasteiger partial charge in [-0.1, -0.05) is 6.07 Å². The molecule has 1 aliphatic heterocycles. The van der Waals surface area contributed by atoms with Gasteiger partial charge in [0, 0.05) is 18.5 Å². The van der Waals surface area contributed by atoms with Crippen LogP contribution in [0.2, 0.25) is 0 Å². The minimum absolute atomic E-state index is 0.241. The van der Waals surface area contributed by atoms with E-state index in [9.17, 15) is 9.18 Å². The maximum atomic E-state index is 14.5. The average Bonchev–Trinajstić information content (AvgIpc) is 2.62. The van der Waals surface area contributed by atoms with E-state index in [0.29, 0.717) is 10.8 Å². The smallest absolute Gasteiger partial charge is 0.399 e. The molecule has 2 aromatic rings. The first-order valence-electron chi connectivity index (χ1n) is 7.27. The van der Waals surface area contributed by atoms with E-state index in [1.807, 2.05) is 27.7 Å². The number of nitrogens with zero attached hydrogens (tertiary/aromatic N) is 1. The van der Waals surface area contributed by atoms with E-state index in [1.165, 1.54) is 16.7 Å². The van der Waals surface area contributed by atoms with Gasteiger partial charge in [-0.05, 0) is 45.3 Å². The van der Waals surface area contributed by atoms with E-state index < -0.39 is 24.1 Å². The first kappa shape index (κ1) is 15.2. The highest BCUT2D eigenvalue weighted by molar-refractivity contribution is 6.62. The summed E-state index contributed by atoms with van der Waals surface area (Å²) in [7, 11) is 0.934. The number of benzene rings is 1. The molecule has 3 rings (SSSR count). The van der Waals surface area contributed by atoms with E-state index in [2.05, 4.69) is 0 Å². The summed E-state index contributed by atoms with van der Waals surface area (Å²) in [6.07, 6.45) is 0. The van der Waals surface area contributed by atoms with Crippen LogP contribution in [-0.4, -0.2) is 22.9 Å². The standard InChI is InChI=1S/C16H19BFNO3/c1-15(2)16(3,4)22-17(21-15)11-8-10-6-7-13(20)19(5)14(10)12(18)9-11/h6-9H,1-5H3. The zero-order valence-corrected chi connectivity index (χ0v) is 13.4. The first-order valence-corrected chi connectivity index (χ1v) is 7.27. The Kier molecular flexibility index (Phi) is 3.24. The van der Waals surface area contributed by atoms with Crippen LogP contribution in [0.4, 0.5) is 4.39 Å². The molecule has 0 saturated carbocycles. The average molecular weight is 303 g/mol. The summed E-state index contributed by atoms with van der Waals surface area (Å²) < 4.78 is 27.7. The van der Waals surface area contributed by atoms with E-state index in [0.717, 1.165) is 0 Å². The Morgan fingerprint density at radius 2 is 1.68 bits per heavy atom. The summed E-state index contributed by atoms with van der Waals surface area (Å²) in [4.78, 5) is 11.6. The molecule has 4 nitrogen and oxygen atoms in total. The Balaban J connectivity index is 2.11. The fraction of sp³-hybridized carbons (Fsp3) is 0.438. The lowest BCUT2D eigenvalue weighted by atomic mass is 9.78. The topological polar surface area (TPSA) is 40.5 Å². The zero-order valence-electron chi connectivity index (χ0n) is 13.4. The highest BCUT2D eigenvalue weighted by Crippen LogP contribution is 2.36. The van der Waals surface area contributed by atoms with Gasteiger partial charge in [0.1, 0.15) is 5.82 Å². The van der Waals surface area contributed by atoms with Crippen molar-refractivity contribution in [3.05, 3.63) is 40.4 Å². The Morgan fingerprint density at radius 3 is 2.27 bits per heavy atom. The molecule has 22 heavy (non-hydrogen) atoms. The molecule has 0 unspecified atom stereocenters. The lowest BCUT2D eigenvalue weighted by molar-refractivity contribution is 0.00578. The van der Waals surface area contributed by atoms with E-state index in [-0.39, 0.29) is 11.1 Å². The number of aromatic nitrogens is 1. The second-order valence-electron chi connectivity index (χ2n) is 6.76. The van der Waals surface area contributed by atoms with Gasteiger partial charge in [0.15, 0.2) is 0 Å². The third kappa shape index (κ3) is 2.18. The van der Waals surface area contributed by atoms with Gasteiger partial charge in [0.05, 0.1) is 16.7 Å². The Bertz CT molecular complexity index is 797. The van der Waals surface area contributed by atoms with Crippen molar-refractivity contribution in [3.63, 3.8) is 0 Å². The molecule has 0 atom stereocenters. The number of hydrogen-bond acceptors (Lipinski definition) is 3.